The molecule has 5 nitrogen and oxygen atoms in total. The minimum atomic E-state index is -9.29. The molecule has 0 spiro atoms. The molecule has 0 aliphatic rings. The van der Waals surface area contributed by atoms with E-state index in [1.54, 1.807) is 0 Å². The lowest BCUT2D eigenvalue weighted by molar-refractivity contribution is -0.472. The molecule has 26 heteroatoms. The molecule has 0 aliphatic heterocycles. The maximum atomic E-state index is 13.7. The molecule has 258 valence electrons. The van der Waals surface area contributed by atoms with E-state index in [0.29, 0.717) is 5.32 Å². The van der Waals surface area contributed by atoms with E-state index in [-0.39, 0.29) is 19.0 Å². The van der Waals surface area contributed by atoms with Crippen LogP contribution in [0.5, 0.6) is 0 Å². The Labute approximate surface area is 223 Å². The molecule has 5 N–H and O–H groups in total. The molecule has 0 atom stereocenters. The molecule has 0 aromatic heterocycles. The van der Waals surface area contributed by atoms with Crippen LogP contribution in [0.3, 0.4) is 0 Å². The number of nitrogens with one attached hydrogen (secondary N) is 1. The van der Waals surface area contributed by atoms with E-state index in [4.69, 9.17) is 0 Å². The van der Waals surface area contributed by atoms with E-state index < -0.39 is 90.7 Å². The van der Waals surface area contributed by atoms with Crippen LogP contribution >= 0.6 is 0 Å². The number of carbonyl (C=O) groups is 2. The van der Waals surface area contributed by atoms with Crippen molar-refractivity contribution in [1.82, 2.24) is 11.5 Å². The fourth-order valence-electron chi connectivity index (χ4n) is 2.58. The van der Waals surface area contributed by atoms with Crippen LogP contribution in [0.4, 0.5) is 92.2 Å². The third kappa shape index (κ3) is 6.33. The third-order valence-electron chi connectivity index (χ3n) is 5.14. The zero-order chi connectivity index (χ0) is 34.4. The summed E-state index contributed by atoms with van der Waals surface area (Å²) in [4.78, 5) is 21.3. The summed E-state index contributed by atoms with van der Waals surface area (Å²) in [5, 5.41) is 10.8. The van der Waals surface area contributed by atoms with Crippen molar-refractivity contribution in [3.8, 4) is 0 Å². The topological polar surface area (TPSA) is 106 Å². The number of aliphatic carboxylic acids is 1. The van der Waals surface area contributed by atoms with Gasteiger partial charge in [-0.3, -0.25) is 4.79 Å². The van der Waals surface area contributed by atoms with Gasteiger partial charge in [-0.15, -0.1) is 0 Å². The lowest BCUT2D eigenvalue weighted by Crippen LogP contribution is -2.77. The Morgan fingerprint density at radius 2 is 0.767 bits per heavy atom. The van der Waals surface area contributed by atoms with Crippen molar-refractivity contribution in [2.45, 2.75) is 85.2 Å². The molecular formula is C17H15F21N2O3. The molecular weight excluding hydrogens is 679 g/mol. The number of unbranched alkanes of at least 4 members (excludes halogenated alkanes) is 2. The van der Waals surface area contributed by atoms with Gasteiger partial charge in [0.15, 0.2) is 0 Å². The Morgan fingerprint density at radius 3 is 1.07 bits per heavy atom. The second-order valence-electron chi connectivity index (χ2n) is 8.11. The van der Waals surface area contributed by atoms with Gasteiger partial charge >= 0.3 is 59.5 Å². The van der Waals surface area contributed by atoms with E-state index in [0.717, 1.165) is 0 Å². The van der Waals surface area contributed by atoms with Crippen molar-refractivity contribution < 1.29 is 107 Å². The zero-order valence-corrected chi connectivity index (χ0v) is 20.2. The number of carboxylic acid groups (broad SMARTS) is 1. The van der Waals surface area contributed by atoms with Gasteiger partial charge in [0, 0.05) is 12.5 Å². The first-order valence-corrected chi connectivity index (χ1v) is 10.0. The van der Waals surface area contributed by atoms with Crippen LogP contribution < -0.4 is 16.6 Å². The van der Waals surface area contributed by atoms with Crippen LogP contribution in [-0.4, -0.2) is 77.9 Å². The maximum Gasteiger partial charge on any atom is 0.460 e. The first kappa shape index (κ1) is 42.6. The summed E-state index contributed by atoms with van der Waals surface area (Å²) in [6.45, 7) is -1.30. The molecule has 0 bridgehead atoms. The summed E-state index contributed by atoms with van der Waals surface area (Å²) in [5.74, 6) is -84.4. The number of carbonyl (C=O) groups excluding carboxylic acids is 2. The number of carboxylic acids is 1. The number of hydrogen-bond acceptors (Lipinski definition) is 3. The number of rotatable bonds is 15. The lowest BCUT2D eigenvalue weighted by atomic mass is 9.86. The first-order valence-electron chi connectivity index (χ1n) is 10.0. The highest BCUT2D eigenvalue weighted by molar-refractivity contribution is 5.84. The molecule has 0 aliphatic carbocycles. The highest BCUT2D eigenvalue weighted by Crippen LogP contribution is 2.66. The predicted octanol–water partition coefficient (Wildman–Crippen LogP) is 6.07. The average Bonchev–Trinajstić information content (AvgIpc) is 2.78. The summed E-state index contributed by atoms with van der Waals surface area (Å²) in [5.41, 5.74) is 0. The fraction of sp³-hybridized carbons (Fsp3) is 0.882. The first-order chi connectivity index (χ1) is 18.1. The zero-order valence-electron chi connectivity index (χ0n) is 20.2. The van der Waals surface area contributed by atoms with Crippen LogP contribution in [0, 0.1) is 0 Å². The van der Waals surface area contributed by atoms with E-state index in [1.165, 1.54) is 0 Å². The molecule has 43 heavy (non-hydrogen) atoms. The number of hydrogen-bond donors (Lipinski definition) is 2. The van der Waals surface area contributed by atoms with Crippen LogP contribution in [0.25, 0.3) is 0 Å². The highest BCUT2D eigenvalue weighted by atomic mass is 19.4. The molecule has 1 amide bonds. The van der Waals surface area contributed by atoms with Gasteiger partial charge in [-0.1, -0.05) is 6.42 Å². The standard InChI is InChI=1S/C17H12F21NO3.H3N/c18-8(19,7(42)39-5-3-1-2-4-6(40)41)9(20,21)10(22,23)11(24,25)12(26,27)13(28,29)14(30,31)15(32,33)16(34,35)17(36,37)38;/h1-5H2,(H,39,42)(H,40,41);1H3. The number of amides is 1. The van der Waals surface area contributed by atoms with Crippen molar-refractivity contribution in [2.75, 3.05) is 6.54 Å². The minimum Gasteiger partial charge on any atom is -0.550 e. The Morgan fingerprint density at radius 1 is 0.465 bits per heavy atom. The van der Waals surface area contributed by atoms with Gasteiger partial charge in [-0.25, -0.2) is 0 Å². The van der Waals surface area contributed by atoms with Crippen molar-refractivity contribution in [1.29, 1.82) is 0 Å². The number of quaternary nitrogens is 1. The Hall–Kier alpha value is -2.57. The van der Waals surface area contributed by atoms with Gasteiger partial charge in [-0.2, -0.15) is 92.2 Å². The lowest BCUT2D eigenvalue weighted by Gasteiger charge is -2.44. The Bertz CT molecular complexity index is 992. The van der Waals surface area contributed by atoms with Gasteiger partial charge in [0.2, 0.25) is 0 Å². The van der Waals surface area contributed by atoms with Crippen LogP contribution in [0.15, 0.2) is 0 Å². The Balaban J connectivity index is 0. The molecule has 0 unspecified atom stereocenters. The van der Waals surface area contributed by atoms with E-state index in [2.05, 4.69) is 0 Å². The normalized spacial score (nSPS) is 15.2. The molecule has 0 radical (unpaired) electrons. The average molecular weight is 694 g/mol. The quantitative estimate of drug-likeness (QED) is 0.161. The maximum absolute atomic E-state index is 13.7. The molecule has 0 saturated carbocycles. The van der Waals surface area contributed by atoms with Gasteiger partial charge < -0.3 is 21.4 Å². The number of halogens is 21. The third-order valence-corrected chi connectivity index (χ3v) is 5.14. The van der Waals surface area contributed by atoms with Crippen molar-refractivity contribution in [3.05, 3.63) is 0 Å². The van der Waals surface area contributed by atoms with E-state index in [1.807, 2.05) is 0 Å². The van der Waals surface area contributed by atoms with Crippen LogP contribution in [0.1, 0.15) is 25.7 Å². The van der Waals surface area contributed by atoms with E-state index in [9.17, 15) is 107 Å². The van der Waals surface area contributed by atoms with Crippen LogP contribution in [0.2, 0.25) is 0 Å². The molecule has 0 heterocycles. The van der Waals surface area contributed by atoms with Gasteiger partial charge in [0.05, 0.1) is 0 Å². The molecule has 0 rings (SSSR count). The largest absolute Gasteiger partial charge is 0.550 e. The summed E-state index contributed by atoms with van der Waals surface area (Å²) in [7, 11) is 0. The fourth-order valence-corrected chi connectivity index (χ4v) is 2.58. The number of alkyl halides is 21. The van der Waals surface area contributed by atoms with Gasteiger partial charge in [0.1, 0.15) is 0 Å². The predicted molar refractivity (Wildman–Crippen MR) is 93.0 cm³/mol. The SMILES string of the molecule is O=C([O-])CCCCCNC(=O)C(F)(F)C(F)(F)C(F)(F)C(F)(F)C(F)(F)C(F)(F)C(F)(F)C(F)(F)C(F)(F)C(F)(F)F.[NH4+]. The van der Waals surface area contributed by atoms with Gasteiger partial charge in [-0.05, 0) is 19.3 Å². The van der Waals surface area contributed by atoms with Crippen molar-refractivity contribution >= 4 is 11.9 Å². The summed E-state index contributed by atoms with van der Waals surface area (Å²) in [6, 6.07) is 0. The van der Waals surface area contributed by atoms with E-state index >= 15 is 0 Å². The van der Waals surface area contributed by atoms with Gasteiger partial charge in [0.25, 0.3) is 5.91 Å². The molecule has 0 aromatic rings. The summed E-state index contributed by atoms with van der Waals surface area (Å²) >= 11 is 0. The second kappa shape index (κ2) is 12.1. The smallest absolute Gasteiger partial charge is 0.460 e. The molecule has 0 saturated heterocycles. The highest BCUT2D eigenvalue weighted by Gasteiger charge is 2.98. The Kier molecular flexibility index (Phi) is 12.0. The summed E-state index contributed by atoms with van der Waals surface area (Å²) < 4.78 is 279. The molecule has 0 fully saturated rings. The van der Waals surface area contributed by atoms with Crippen molar-refractivity contribution in [3.63, 3.8) is 0 Å². The minimum absolute atomic E-state index is 0. The van der Waals surface area contributed by atoms with Crippen molar-refractivity contribution in [2.24, 2.45) is 0 Å². The second-order valence-corrected chi connectivity index (χ2v) is 8.11. The van der Waals surface area contributed by atoms with Crippen LogP contribution in [-0.2, 0) is 9.59 Å². The molecule has 0 aromatic carbocycles. The summed E-state index contributed by atoms with van der Waals surface area (Å²) in [6.07, 6.45) is -10.2. The monoisotopic (exact) mass is 694 g/mol.